The Morgan fingerprint density at radius 3 is 2.70 bits per heavy atom. The molecule has 1 aliphatic heterocycles. The van der Waals surface area contributed by atoms with E-state index in [1.165, 1.54) is 0 Å². The van der Waals surface area contributed by atoms with E-state index >= 15 is 0 Å². The van der Waals surface area contributed by atoms with Crippen LogP contribution in [0.4, 0.5) is 14.5 Å². The van der Waals surface area contributed by atoms with Gasteiger partial charge in [-0.05, 0) is 53.6 Å². The fraction of sp³-hybridized carbons (Fsp3) is 0.579. The van der Waals surface area contributed by atoms with Crippen molar-refractivity contribution < 1.29 is 18.6 Å². The van der Waals surface area contributed by atoms with Crippen LogP contribution in [-0.4, -0.2) is 66.5 Å². The van der Waals surface area contributed by atoms with Crippen LogP contribution in [0.25, 0.3) is 10.9 Å². The molecular formula is C19H26F2IN3O2. The Bertz CT molecular complexity index is 748. The van der Waals surface area contributed by atoms with E-state index in [1.807, 2.05) is 24.3 Å². The monoisotopic (exact) mass is 493 g/mol. The summed E-state index contributed by atoms with van der Waals surface area (Å²) in [6.07, 6.45) is -0.871. The molecule has 3 rings (SSSR count). The summed E-state index contributed by atoms with van der Waals surface area (Å²) in [5, 5.41) is 14.5. The van der Waals surface area contributed by atoms with Crippen molar-refractivity contribution in [3.8, 4) is 0 Å². The molecule has 0 spiro atoms. The summed E-state index contributed by atoms with van der Waals surface area (Å²) in [7, 11) is 1.59. The van der Waals surface area contributed by atoms with Gasteiger partial charge < -0.3 is 24.6 Å². The molecule has 0 radical (unpaired) electrons. The predicted octanol–water partition coefficient (Wildman–Crippen LogP) is 3.39. The van der Waals surface area contributed by atoms with Crippen molar-refractivity contribution >= 4 is 39.2 Å². The summed E-state index contributed by atoms with van der Waals surface area (Å²) in [4.78, 5) is 2.25. The Labute approximate surface area is 171 Å². The number of nitrogens with one attached hydrogen (secondary N) is 1. The zero-order valence-electron chi connectivity index (χ0n) is 15.4. The first-order valence-corrected chi connectivity index (χ1v) is 10.3. The number of methoxy groups -OCH3 is 1. The van der Waals surface area contributed by atoms with Gasteiger partial charge in [-0.25, -0.2) is 8.78 Å². The van der Waals surface area contributed by atoms with Crippen LogP contribution >= 0.6 is 22.6 Å². The van der Waals surface area contributed by atoms with Crippen LogP contribution in [0, 0.1) is 3.70 Å². The van der Waals surface area contributed by atoms with Gasteiger partial charge in [0.25, 0.3) is 6.43 Å². The number of alkyl halides is 2. The van der Waals surface area contributed by atoms with Gasteiger partial charge in [0.15, 0.2) is 0 Å². The first-order valence-electron chi connectivity index (χ1n) is 9.19. The van der Waals surface area contributed by atoms with E-state index in [-0.39, 0.29) is 6.54 Å². The number of piperidine rings is 1. The van der Waals surface area contributed by atoms with Gasteiger partial charge in [0, 0.05) is 43.9 Å². The van der Waals surface area contributed by atoms with Crippen LogP contribution in [0.2, 0.25) is 0 Å². The molecule has 27 heavy (non-hydrogen) atoms. The number of nitrogens with zero attached hydrogens (tertiary/aromatic N) is 2. The fourth-order valence-electron chi connectivity index (χ4n) is 3.72. The minimum absolute atomic E-state index is 0.284. The number of hydrogen-bond acceptors (Lipinski definition) is 4. The minimum atomic E-state index is -2.37. The van der Waals surface area contributed by atoms with E-state index < -0.39 is 12.5 Å². The molecule has 0 saturated carbocycles. The fourth-order valence-corrected chi connectivity index (χ4v) is 4.49. The van der Waals surface area contributed by atoms with E-state index in [2.05, 4.69) is 32.8 Å². The van der Waals surface area contributed by atoms with E-state index in [1.54, 1.807) is 11.7 Å². The van der Waals surface area contributed by atoms with Crippen molar-refractivity contribution in [2.45, 2.75) is 38.0 Å². The quantitative estimate of drug-likeness (QED) is 0.554. The van der Waals surface area contributed by atoms with Crippen molar-refractivity contribution in [2.75, 3.05) is 38.7 Å². The van der Waals surface area contributed by atoms with Crippen molar-refractivity contribution in [3.63, 3.8) is 0 Å². The third-order valence-corrected chi connectivity index (χ3v) is 5.88. The molecule has 1 aliphatic rings. The van der Waals surface area contributed by atoms with Gasteiger partial charge in [-0.1, -0.05) is 6.07 Å². The lowest BCUT2D eigenvalue weighted by molar-refractivity contribution is 0.0327. The second kappa shape index (κ2) is 9.49. The molecule has 1 fully saturated rings. The summed E-state index contributed by atoms with van der Waals surface area (Å²) < 4.78 is 33.2. The molecule has 5 nitrogen and oxygen atoms in total. The maximum Gasteiger partial charge on any atom is 0.256 e. The number of likely N-dealkylation sites (tertiary alicyclic amines) is 1. The lowest BCUT2D eigenvalue weighted by Crippen LogP contribution is -2.43. The molecular weight excluding hydrogens is 467 g/mol. The Balaban J connectivity index is 1.64. The second-order valence-electron chi connectivity index (χ2n) is 7.04. The Kier molecular flexibility index (Phi) is 7.29. The van der Waals surface area contributed by atoms with Gasteiger partial charge in [0.05, 0.1) is 28.5 Å². The van der Waals surface area contributed by atoms with Gasteiger partial charge in [-0.15, -0.1) is 0 Å². The first kappa shape index (κ1) is 20.8. The number of rotatable bonds is 8. The van der Waals surface area contributed by atoms with Crippen LogP contribution in [0.3, 0.4) is 0 Å². The summed E-state index contributed by atoms with van der Waals surface area (Å²) in [6, 6.07) is 8.13. The number of aliphatic hydroxyl groups is 1. The molecule has 2 aromatic rings. The van der Waals surface area contributed by atoms with Crippen molar-refractivity contribution in [1.29, 1.82) is 0 Å². The molecule has 1 atom stereocenters. The normalized spacial score (nSPS) is 17.7. The van der Waals surface area contributed by atoms with Gasteiger partial charge in [0.2, 0.25) is 0 Å². The average Bonchev–Trinajstić information content (AvgIpc) is 2.93. The highest BCUT2D eigenvalue weighted by Gasteiger charge is 2.22. The van der Waals surface area contributed by atoms with Crippen LogP contribution in [-0.2, 0) is 11.3 Å². The largest absolute Gasteiger partial charge is 0.389 e. The molecule has 1 aromatic heterocycles. The zero-order valence-corrected chi connectivity index (χ0v) is 17.5. The molecule has 2 heterocycles. The van der Waals surface area contributed by atoms with E-state index in [0.29, 0.717) is 19.2 Å². The topological polar surface area (TPSA) is 49.7 Å². The highest BCUT2D eigenvalue weighted by molar-refractivity contribution is 14.1. The number of hydrogen-bond donors (Lipinski definition) is 2. The average molecular weight is 493 g/mol. The van der Waals surface area contributed by atoms with E-state index in [9.17, 15) is 13.9 Å². The van der Waals surface area contributed by atoms with Gasteiger partial charge in [0.1, 0.15) is 0 Å². The minimum Gasteiger partial charge on any atom is -0.389 e. The standard InChI is InChI=1S/C19H26F2IN3O2/c1-27-12-14(26)10-24-7-5-13(6-8-24)23-16-3-2-4-17-15(16)9-19(22)25(17)11-18(20)21/h2-4,9,13-14,18,23,26H,5-8,10-12H2,1H3. The van der Waals surface area contributed by atoms with Crippen molar-refractivity contribution in [1.82, 2.24) is 9.47 Å². The molecule has 1 aromatic carbocycles. The smallest absolute Gasteiger partial charge is 0.256 e. The number of β-amino-alcohol motifs (C(OH)–C–C–N with tert-alkyl or cyclic N) is 1. The SMILES string of the molecule is COCC(O)CN1CCC(Nc2cccc3c2cc(I)n3CC(F)F)CC1. The molecule has 1 saturated heterocycles. The van der Waals surface area contributed by atoms with Crippen LogP contribution < -0.4 is 5.32 Å². The third kappa shape index (κ3) is 5.30. The highest BCUT2D eigenvalue weighted by atomic mass is 127. The molecule has 150 valence electrons. The van der Waals surface area contributed by atoms with Crippen LogP contribution in [0.5, 0.6) is 0 Å². The third-order valence-electron chi connectivity index (χ3n) is 4.99. The van der Waals surface area contributed by atoms with Crippen molar-refractivity contribution in [2.24, 2.45) is 0 Å². The lowest BCUT2D eigenvalue weighted by atomic mass is 10.0. The first-order chi connectivity index (χ1) is 13.0. The Hall–Kier alpha value is -0.970. The molecule has 1 unspecified atom stereocenters. The number of aliphatic hydroxyl groups excluding tert-OH is 1. The summed E-state index contributed by atoms with van der Waals surface area (Å²) in [6.45, 7) is 2.53. The Morgan fingerprint density at radius 1 is 1.30 bits per heavy atom. The molecule has 0 bridgehead atoms. The molecule has 0 aliphatic carbocycles. The molecule has 2 N–H and O–H groups in total. The van der Waals surface area contributed by atoms with Gasteiger partial charge >= 0.3 is 0 Å². The predicted molar refractivity (Wildman–Crippen MR) is 112 cm³/mol. The number of anilines is 1. The number of benzene rings is 1. The second-order valence-corrected chi connectivity index (χ2v) is 8.14. The maximum atomic E-state index is 12.9. The number of ether oxygens (including phenoxy) is 1. The number of fused-ring (bicyclic) bond motifs is 1. The van der Waals surface area contributed by atoms with Gasteiger partial charge in [-0.3, -0.25) is 0 Å². The summed E-state index contributed by atoms with van der Waals surface area (Å²) in [5.74, 6) is 0. The maximum absolute atomic E-state index is 12.9. The number of halogens is 3. The van der Waals surface area contributed by atoms with E-state index in [0.717, 1.165) is 46.2 Å². The van der Waals surface area contributed by atoms with Gasteiger partial charge in [-0.2, -0.15) is 0 Å². The van der Waals surface area contributed by atoms with Crippen molar-refractivity contribution in [3.05, 3.63) is 28.0 Å². The highest BCUT2D eigenvalue weighted by Crippen LogP contribution is 2.30. The summed E-state index contributed by atoms with van der Waals surface area (Å²) in [5.41, 5.74) is 1.83. The Morgan fingerprint density at radius 2 is 2.04 bits per heavy atom. The molecule has 8 heteroatoms. The van der Waals surface area contributed by atoms with E-state index in [4.69, 9.17) is 4.74 Å². The zero-order chi connectivity index (χ0) is 19.4. The lowest BCUT2D eigenvalue weighted by Gasteiger charge is -2.34. The summed E-state index contributed by atoms with van der Waals surface area (Å²) >= 11 is 2.12. The molecule has 0 amide bonds. The number of aromatic nitrogens is 1. The van der Waals surface area contributed by atoms with Crippen LogP contribution in [0.1, 0.15) is 12.8 Å². The van der Waals surface area contributed by atoms with Crippen LogP contribution in [0.15, 0.2) is 24.3 Å².